The van der Waals surface area contributed by atoms with Gasteiger partial charge < -0.3 is 23.8 Å². The van der Waals surface area contributed by atoms with Crippen LogP contribution in [0.2, 0.25) is 0 Å². The van der Waals surface area contributed by atoms with E-state index in [2.05, 4.69) is 0 Å². The molecule has 1 fully saturated rings. The Balaban J connectivity index is 1.21. The quantitative estimate of drug-likeness (QED) is 0.158. The van der Waals surface area contributed by atoms with Crippen molar-refractivity contribution in [2.24, 2.45) is 0 Å². The number of aliphatic carboxylic acids is 2. The van der Waals surface area contributed by atoms with Crippen molar-refractivity contribution in [3.8, 4) is 39.8 Å². The number of carboxylic acid groups (broad SMARTS) is 2. The van der Waals surface area contributed by atoms with Crippen LogP contribution in [0.4, 0.5) is 8.78 Å². The van der Waals surface area contributed by atoms with E-state index in [1.165, 1.54) is 6.07 Å². The van der Waals surface area contributed by atoms with Gasteiger partial charge in [0.2, 0.25) is 11.8 Å². The first kappa shape index (κ1) is 33.4. The normalized spacial score (nSPS) is 17.4. The van der Waals surface area contributed by atoms with Crippen LogP contribution in [-0.2, 0) is 29.1 Å². The van der Waals surface area contributed by atoms with Crippen molar-refractivity contribution >= 4 is 23.0 Å². The molecule has 50 heavy (non-hydrogen) atoms. The summed E-state index contributed by atoms with van der Waals surface area (Å²) in [7, 11) is 0. The van der Waals surface area contributed by atoms with Gasteiger partial charge >= 0.3 is 18.6 Å². The molecular formula is C37H36F2N4O7. The van der Waals surface area contributed by atoms with Crippen LogP contribution in [0.15, 0.2) is 57.4 Å². The van der Waals surface area contributed by atoms with Crippen LogP contribution in [0, 0.1) is 13.8 Å². The molecule has 0 radical (unpaired) electrons. The number of ether oxygens (including phenoxy) is 1. The maximum Gasteiger partial charge on any atom is 0.387 e. The van der Waals surface area contributed by atoms with Crippen molar-refractivity contribution in [2.45, 2.75) is 71.8 Å². The number of aromatic nitrogens is 2. The molecule has 5 aromatic rings. The van der Waals surface area contributed by atoms with E-state index in [0.29, 0.717) is 67.3 Å². The largest absolute Gasteiger partial charge is 0.480 e. The van der Waals surface area contributed by atoms with Crippen molar-refractivity contribution in [3.05, 3.63) is 76.7 Å². The number of halogens is 2. The summed E-state index contributed by atoms with van der Waals surface area (Å²) in [5.41, 5.74) is 7.09. The second-order valence-corrected chi connectivity index (χ2v) is 12.9. The average molecular weight is 687 g/mol. The number of carboxylic acids is 2. The summed E-state index contributed by atoms with van der Waals surface area (Å²) in [6, 6.07) is 13.4. The van der Waals surface area contributed by atoms with E-state index in [1.54, 1.807) is 17.9 Å². The molecule has 260 valence electrons. The molecular weight excluding hydrogens is 650 g/mol. The number of hydrogen-bond donors (Lipinski definition) is 2. The Labute approximate surface area is 286 Å². The maximum atomic E-state index is 13.4. The smallest absolute Gasteiger partial charge is 0.387 e. The second kappa shape index (κ2) is 13.3. The molecule has 2 aliphatic rings. The molecule has 2 atom stereocenters. The van der Waals surface area contributed by atoms with Crippen LogP contribution in [0.3, 0.4) is 0 Å². The summed E-state index contributed by atoms with van der Waals surface area (Å²) >= 11 is 0. The number of fused-ring (bicyclic) bond motifs is 2. The van der Waals surface area contributed by atoms with Crippen molar-refractivity contribution in [1.82, 2.24) is 19.8 Å². The summed E-state index contributed by atoms with van der Waals surface area (Å²) in [6.45, 7) is 4.18. The minimum Gasteiger partial charge on any atom is -0.480 e. The number of likely N-dealkylation sites (tertiary alicyclic amines) is 1. The third kappa shape index (κ3) is 6.22. The van der Waals surface area contributed by atoms with Gasteiger partial charge in [0, 0.05) is 48.8 Å². The predicted octanol–water partition coefficient (Wildman–Crippen LogP) is 6.92. The highest BCUT2D eigenvalue weighted by atomic mass is 19.3. The Bertz CT molecular complexity index is 2110. The highest BCUT2D eigenvalue weighted by Gasteiger charge is 2.32. The highest BCUT2D eigenvalue weighted by molar-refractivity contribution is 5.84. The number of benzene rings is 3. The summed E-state index contributed by atoms with van der Waals surface area (Å²) in [5, 5.41) is 19.1. The summed E-state index contributed by atoms with van der Waals surface area (Å²) in [6.07, 6.45) is 1.76. The lowest BCUT2D eigenvalue weighted by Gasteiger charge is -2.28. The van der Waals surface area contributed by atoms with E-state index >= 15 is 0 Å². The van der Waals surface area contributed by atoms with Gasteiger partial charge in [-0.15, -0.1) is 0 Å². The van der Waals surface area contributed by atoms with Crippen LogP contribution in [0.5, 0.6) is 5.75 Å². The van der Waals surface area contributed by atoms with E-state index in [4.69, 9.17) is 23.5 Å². The van der Waals surface area contributed by atoms with Gasteiger partial charge in [-0.25, -0.2) is 9.97 Å². The molecule has 0 spiro atoms. The predicted molar refractivity (Wildman–Crippen MR) is 179 cm³/mol. The topological polar surface area (TPSA) is 142 Å². The molecule has 1 saturated heterocycles. The van der Waals surface area contributed by atoms with Crippen LogP contribution < -0.4 is 4.74 Å². The highest BCUT2D eigenvalue weighted by Crippen LogP contribution is 2.39. The number of carbonyl (C=O) groups is 2. The molecule has 0 amide bonds. The molecule has 13 heteroatoms. The standard InChI is InChI=1S/C37H36F2N4O7/c1-19-23(24-8-5-10-26(20(24)2)34-41-28-18-42(21(3)35(44)45)14-12-30(28)48-34)7-4-9-25(19)33-40-27-15-22(17-43-13-6-11-29(43)36(46)47)31(50-37(38)39)16-32(27)49-33/h4-5,7-10,15-16,21,29,37H,6,11-14,17-18H2,1-3H3,(H,44,45)(H,46,47)/t21?,29-/m0/s1. The molecule has 2 aromatic heterocycles. The lowest BCUT2D eigenvalue weighted by atomic mass is 9.91. The first-order chi connectivity index (χ1) is 24.0. The fourth-order valence-electron chi connectivity index (χ4n) is 7.10. The van der Waals surface area contributed by atoms with Gasteiger partial charge in [0.15, 0.2) is 5.58 Å². The van der Waals surface area contributed by atoms with E-state index < -0.39 is 30.6 Å². The zero-order chi connectivity index (χ0) is 35.3. The third-order valence-corrected chi connectivity index (χ3v) is 9.89. The molecule has 7 rings (SSSR count). The zero-order valence-electron chi connectivity index (χ0n) is 27.8. The van der Waals surface area contributed by atoms with Crippen molar-refractivity contribution < 1.29 is 42.2 Å². The van der Waals surface area contributed by atoms with Gasteiger partial charge in [-0.05, 0) is 80.6 Å². The lowest BCUT2D eigenvalue weighted by Crippen LogP contribution is -2.41. The number of hydrogen-bond acceptors (Lipinski definition) is 9. The van der Waals surface area contributed by atoms with Gasteiger partial charge in [0.25, 0.3) is 0 Å². The van der Waals surface area contributed by atoms with Crippen molar-refractivity contribution in [1.29, 1.82) is 0 Å². The fraction of sp³-hybridized carbons (Fsp3) is 0.351. The zero-order valence-corrected chi connectivity index (χ0v) is 27.8. The SMILES string of the molecule is Cc1c(-c2nc3c(o2)CCN(C(C)C(=O)O)C3)cccc1-c1cccc(-c2nc3cc(CN4CCC[C@H]4C(=O)O)c(OC(F)F)cc3o2)c1C. The Kier molecular flexibility index (Phi) is 8.87. The number of oxazole rings is 2. The minimum absolute atomic E-state index is 0.0820. The molecule has 2 aliphatic heterocycles. The summed E-state index contributed by atoms with van der Waals surface area (Å²) < 4.78 is 44.1. The summed E-state index contributed by atoms with van der Waals surface area (Å²) in [4.78, 5) is 36.4. The van der Waals surface area contributed by atoms with Crippen LogP contribution in [0.25, 0.3) is 45.1 Å². The molecule has 4 heterocycles. The lowest BCUT2D eigenvalue weighted by molar-refractivity contribution is -0.143. The Morgan fingerprint density at radius 2 is 1.62 bits per heavy atom. The van der Waals surface area contributed by atoms with Gasteiger partial charge in [-0.1, -0.05) is 24.3 Å². The summed E-state index contributed by atoms with van der Waals surface area (Å²) in [5.74, 6) is -0.355. The van der Waals surface area contributed by atoms with E-state index in [0.717, 1.165) is 39.3 Å². The molecule has 2 N–H and O–H groups in total. The molecule has 3 aromatic carbocycles. The second-order valence-electron chi connectivity index (χ2n) is 12.9. The van der Waals surface area contributed by atoms with Gasteiger partial charge in [0.1, 0.15) is 29.1 Å². The Morgan fingerprint density at radius 3 is 2.26 bits per heavy atom. The number of rotatable bonds is 10. The third-order valence-electron chi connectivity index (χ3n) is 9.89. The average Bonchev–Trinajstić information content (AvgIpc) is 3.82. The van der Waals surface area contributed by atoms with Crippen LogP contribution >= 0.6 is 0 Å². The first-order valence-electron chi connectivity index (χ1n) is 16.5. The molecule has 0 bridgehead atoms. The van der Waals surface area contributed by atoms with Gasteiger partial charge in [-0.3, -0.25) is 19.4 Å². The molecule has 0 aliphatic carbocycles. The van der Waals surface area contributed by atoms with Gasteiger partial charge in [0.05, 0.1) is 5.69 Å². The van der Waals surface area contributed by atoms with E-state index in [9.17, 15) is 28.6 Å². The Hall–Kier alpha value is -5.14. The maximum absolute atomic E-state index is 13.4. The van der Waals surface area contributed by atoms with Crippen LogP contribution in [0.1, 0.15) is 47.9 Å². The Morgan fingerprint density at radius 1 is 0.960 bits per heavy atom. The van der Waals surface area contributed by atoms with E-state index in [-0.39, 0.29) is 17.9 Å². The minimum atomic E-state index is -3.07. The number of nitrogens with zero attached hydrogens (tertiary/aromatic N) is 4. The van der Waals surface area contributed by atoms with Crippen LogP contribution in [-0.4, -0.2) is 73.7 Å². The molecule has 0 saturated carbocycles. The monoisotopic (exact) mass is 686 g/mol. The van der Waals surface area contributed by atoms with Crippen molar-refractivity contribution in [2.75, 3.05) is 13.1 Å². The molecule has 1 unspecified atom stereocenters. The number of alkyl halides is 2. The van der Waals surface area contributed by atoms with Gasteiger partial charge in [-0.2, -0.15) is 8.78 Å². The molecule has 11 nitrogen and oxygen atoms in total. The van der Waals surface area contributed by atoms with E-state index in [1.807, 2.05) is 55.1 Å². The first-order valence-corrected chi connectivity index (χ1v) is 16.5. The fourth-order valence-corrected chi connectivity index (χ4v) is 7.10. The van der Waals surface area contributed by atoms with Crippen molar-refractivity contribution in [3.63, 3.8) is 0 Å².